The number of nitrogens with zero attached hydrogens (tertiary/aromatic N) is 3. The Labute approximate surface area is 199 Å². The number of hydrogen-bond donors (Lipinski definition) is 0. The molecule has 34 heavy (non-hydrogen) atoms. The van der Waals surface area contributed by atoms with Gasteiger partial charge in [-0.3, -0.25) is 4.68 Å². The summed E-state index contributed by atoms with van der Waals surface area (Å²) in [6.45, 7) is 2.41. The van der Waals surface area contributed by atoms with Crippen LogP contribution in [0.25, 0.3) is 22.5 Å². The van der Waals surface area contributed by atoms with Gasteiger partial charge in [-0.25, -0.2) is 12.8 Å². The summed E-state index contributed by atoms with van der Waals surface area (Å²) >= 11 is 0. The van der Waals surface area contributed by atoms with Gasteiger partial charge in [0.2, 0.25) is 10.0 Å². The van der Waals surface area contributed by atoms with Gasteiger partial charge >= 0.3 is 0 Å². The largest absolute Gasteiger partial charge is 0.261 e. The van der Waals surface area contributed by atoms with Crippen LogP contribution in [0.1, 0.15) is 24.4 Å². The smallest absolute Gasteiger partial charge is 0.243 e. The van der Waals surface area contributed by atoms with Gasteiger partial charge in [0, 0.05) is 18.7 Å². The van der Waals surface area contributed by atoms with Crippen LogP contribution in [-0.4, -0.2) is 35.6 Å². The van der Waals surface area contributed by atoms with E-state index in [-0.39, 0.29) is 10.9 Å². The summed E-state index contributed by atoms with van der Waals surface area (Å²) in [6.07, 6.45) is 1.26. The Balaban J connectivity index is 1.44. The predicted molar refractivity (Wildman–Crippen MR) is 131 cm³/mol. The first-order valence-corrected chi connectivity index (χ1v) is 12.8. The molecule has 3 aromatic carbocycles. The molecule has 1 aliphatic rings. The second-order valence-electron chi connectivity index (χ2n) is 8.64. The van der Waals surface area contributed by atoms with E-state index in [2.05, 4.69) is 22.9 Å². The van der Waals surface area contributed by atoms with Crippen LogP contribution in [0.2, 0.25) is 0 Å². The highest BCUT2D eigenvalue weighted by molar-refractivity contribution is 7.89. The normalized spacial score (nSPS) is 15.5. The number of aromatic nitrogens is 2. The van der Waals surface area contributed by atoms with Crippen LogP contribution in [0.3, 0.4) is 0 Å². The number of benzene rings is 3. The molecule has 174 valence electrons. The molecule has 0 aliphatic carbocycles. The fourth-order valence-electron chi connectivity index (χ4n) is 4.57. The lowest BCUT2D eigenvalue weighted by Gasteiger charge is -2.32. The zero-order valence-electron chi connectivity index (χ0n) is 18.9. The number of rotatable bonds is 5. The van der Waals surface area contributed by atoms with E-state index in [1.807, 2.05) is 48.5 Å². The summed E-state index contributed by atoms with van der Waals surface area (Å²) < 4.78 is 43.7. The number of aryl methyl sites for hydroxylation is 1. The third kappa shape index (κ3) is 4.29. The van der Waals surface area contributed by atoms with Crippen molar-refractivity contribution in [2.24, 2.45) is 0 Å². The van der Waals surface area contributed by atoms with Gasteiger partial charge in [-0.1, -0.05) is 66.7 Å². The average molecular weight is 476 g/mol. The van der Waals surface area contributed by atoms with Crippen LogP contribution in [-0.2, 0) is 10.0 Å². The first-order chi connectivity index (χ1) is 16.4. The molecular formula is C27H26FN3O2S. The van der Waals surface area contributed by atoms with Crippen molar-refractivity contribution in [1.29, 1.82) is 0 Å². The van der Waals surface area contributed by atoms with Crippen molar-refractivity contribution in [3.63, 3.8) is 0 Å². The molecule has 0 radical (unpaired) electrons. The highest BCUT2D eigenvalue weighted by atomic mass is 32.2. The number of halogens is 1. The van der Waals surface area contributed by atoms with Crippen molar-refractivity contribution in [1.82, 2.24) is 14.1 Å². The third-order valence-corrected chi connectivity index (χ3v) is 8.45. The first-order valence-electron chi connectivity index (χ1n) is 11.4. The highest BCUT2D eigenvalue weighted by Gasteiger charge is 2.32. The van der Waals surface area contributed by atoms with Crippen LogP contribution in [0.5, 0.6) is 0 Å². The Kier molecular flexibility index (Phi) is 6.06. The molecule has 2 heterocycles. The van der Waals surface area contributed by atoms with E-state index >= 15 is 0 Å². The maximum atomic E-state index is 13.8. The molecule has 5 nitrogen and oxygen atoms in total. The number of sulfonamides is 1. The second kappa shape index (κ2) is 9.16. The van der Waals surface area contributed by atoms with Gasteiger partial charge in [0.1, 0.15) is 5.82 Å². The Hall–Kier alpha value is -3.29. The molecule has 0 atom stereocenters. The van der Waals surface area contributed by atoms with E-state index in [0.29, 0.717) is 31.5 Å². The fourth-order valence-corrected chi connectivity index (χ4v) is 6.27. The minimum absolute atomic E-state index is 0.0429. The van der Waals surface area contributed by atoms with E-state index < -0.39 is 15.8 Å². The van der Waals surface area contributed by atoms with Gasteiger partial charge in [-0.2, -0.15) is 9.40 Å². The van der Waals surface area contributed by atoms with Crippen LogP contribution in [0.15, 0.2) is 89.8 Å². The van der Waals surface area contributed by atoms with Crippen molar-refractivity contribution in [2.75, 3.05) is 13.1 Å². The molecule has 1 fully saturated rings. The van der Waals surface area contributed by atoms with E-state index in [1.165, 1.54) is 16.4 Å². The summed E-state index contributed by atoms with van der Waals surface area (Å²) in [7, 11) is -3.76. The van der Waals surface area contributed by atoms with E-state index in [1.54, 1.807) is 6.92 Å². The van der Waals surface area contributed by atoms with E-state index in [9.17, 15) is 12.8 Å². The molecular weight excluding hydrogens is 449 g/mol. The monoisotopic (exact) mass is 475 g/mol. The molecule has 0 unspecified atom stereocenters. The predicted octanol–water partition coefficient (Wildman–Crippen LogP) is 5.69. The summed E-state index contributed by atoms with van der Waals surface area (Å²) in [5.74, 6) is -0.545. The molecule has 0 bridgehead atoms. The Morgan fingerprint density at radius 3 is 2.12 bits per heavy atom. The van der Waals surface area contributed by atoms with Crippen LogP contribution in [0.4, 0.5) is 4.39 Å². The molecule has 0 amide bonds. The van der Waals surface area contributed by atoms with E-state index in [0.717, 1.165) is 28.6 Å². The quantitative estimate of drug-likeness (QED) is 0.373. The first kappa shape index (κ1) is 22.5. The minimum Gasteiger partial charge on any atom is -0.261 e. The fraction of sp³-hybridized carbons (Fsp3) is 0.222. The summed E-state index contributed by atoms with van der Waals surface area (Å²) in [6, 6.07) is 26.2. The van der Waals surface area contributed by atoms with Crippen molar-refractivity contribution < 1.29 is 12.8 Å². The zero-order valence-corrected chi connectivity index (χ0v) is 19.7. The lowest BCUT2D eigenvalue weighted by atomic mass is 10.1. The lowest BCUT2D eigenvalue weighted by Crippen LogP contribution is -2.39. The Bertz CT molecular complexity index is 1390. The third-order valence-electron chi connectivity index (χ3n) is 6.41. The standard InChI is InChI=1S/C27H26FN3O2S/c1-20-12-13-23(28)18-27(20)34(32,33)30-16-14-24(15-17-30)31-26(22-10-6-3-7-11-22)19-25(29-31)21-8-4-2-5-9-21/h2-13,18-19,24H,14-17H2,1H3. The maximum absolute atomic E-state index is 13.8. The van der Waals surface area contributed by atoms with Gasteiger partial charge < -0.3 is 0 Å². The Morgan fingerprint density at radius 2 is 1.47 bits per heavy atom. The molecule has 1 aliphatic heterocycles. The molecule has 0 N–H and O–H groups in total. The van der Waals surface area contributed by atoms with Crippen LogP contribution in [0, 0.1) is 12.7 Å². The maximum Gasteiger partial charge on any atom is 0.243 e. The zero-order chi connectivity index (χ0) is 23.7. The molecule has 4 aromatic rings. The molecule has 0 spiro atoms. The summed E-state index contributed by atoms with van der Waals surface area (Å²) in [4.78, 5) is 0.0429. The number of piperidine rings is 1. The van der Waals surface area contributed by atoms with Gasteiger partial charge in [-0.05, 0) is 49.1 Å². The van der Waals surface area contributed by atoms with Crippen LogP contribution < -0.4 is 0 Å². The van der Waals surface area contributed by atoms with Crippen molar-refractivity contribution >= 4 is 10.0 Å². The number of hydrogen-bond acceptors (Lipinski definition) is 3. The Morgan fingerprint density at radius 1 is 0.853 bits per heavy atom. The van der Waals surface area contributed by atoms with Gasteiger partial charge in [-0.15, -0.1) is 0 Å². The minimum atomic E-state index is -3.76. The van der Waals surface area contributed by atoms with Crippen molar-refractivity contribution in [3.8, 4) is 22.5 Å². The molecule has 5 rings (SSSR count). The summed E-state index contributed by atoms with van der Waals surface area (Å²) in [5.41, 5.74) is 4.57. The molecule has 0 saturated carbocycles. The molecule has 7 heteroatoms. The second-order valence-corrected chi connectivity index (χ2v) is 10.5. The highest BCUT2D eigenvalue weighted by Crippen LogP contribution is 2.34. The summed E-state index contributed by atoms with van der Waals surface area (Å²) in [5, 5.41) is 4.95. The van der Waals surface area contributed by atoms with Crippen LogP contribution >= 0.6 is 0 Å². The van der Waals surface area contributed by atoms with E-state index in [4.69, 9.17) is 5.10 Å². The van der Waals surface area contributed by atoms with Gasteiger partial charge in [0.25, 0.3) is 0 Å². The SMILES string of the molecule is Cc1ccc(F)cc1S(=O)(=O)N1CCC(n2nc(-c3ccccc3)cc2-c2ccccc2)CC1. The van der Waals surface area contributed by atoms with Gasteiger partial charge in [0.05, 0.1) is 22.3 Å². The molecule has 1 saturated heterocycles. The topological polar surface area (TPSA) is 55.2 Å². The lowest BCUT2D eigenvalue weighted by molar-refractivity contribution is 0.263. The average Bonchev–Trinajstić information content (AvgIpc) is 3.32. The van der Waals surface area contributed by atoms with Crippen molar-refractivity contribution in [3.05, 3.63) is 96.3 Å². The van der Waals surface area contributed by atoms with Crippen molar-refractivity contribution in [2.45, 2.75) is 30.7 Å². The molecule has 1 aromatic heterocycles. The van der Waals surface area contributed by atoms with Gasteiger partial charge in [0.15, 0.2) is 0 Å².